The largest absolute Gasteiger partial charge is 0.383 e. The predicted molar refractivity (Wildman–Crippen MR) is 60.4 cm³/mol. The van der Waals surface area contributed by atoms with Crippen LogP contribution in [0.5, 0.6) is 0 Å². The van der Waals surface area contributed by atoms with Crippen molar-refractivity contribution in [3.05, 3.63) is 0 Å². The number of hydrogen-bond acceptors (Lipinski definition) is 4. The van der Waals surface area contributed by atoms with E-state index in [1.165, 1.54) is 12.8 Å². The summed E-state index contributed by atoms with van der Waals surface area (Å²) in [4.78, 5) is 14.3. The van der Waals surface area contributed by atoms with E-state index in [9.17, 15) is 4.79 Å². The minimum atomic E-state index is 0.142. The fraction of sp³-hybridized carbons (Fsp3) is 0.917. The Labute approximate surface area is 96.9 Å². The van der Waals surface area contributed by atoms with Gasteiger partial charge in [-0.2, -0.15) is 0 Å². The zero-order chi connectivity index (χ0) is 11.4. The van der Waals surface area contributed by atoms with Gasteiger partial charge >= 0.3 is 0 Å². The van der Waals surface area contributed by atoms with Crippen LogP contribution in [-0.4, -0.2) is 56.7 Å². The van der Waals surface area contributed by atoms with Crippen molar-refractivity contribution in [2.45, 2.75) is 25.3 Å². The normalized spacial score (nSPS) is 25.2. The lowest BCUT2D eigenvalue weighted by Crippen LogP contribution is -2.37. The van der Waals surface area contributed by atoms with Gasteiger partial charge in [0.05, 0.1) is 19.8 Å². The van der Waals surface area contributed by atoms with Crippen molar-refractivity contribution in [2.75, 3.05) is 40.0 Å². The van der Waals surface area contributed by atoms with E-state index in [0.29, 0.717) is 31.6 Å². The molecular formula is C12H21NO3. The molecule has 1 atom stereocenters. The first-order valence-corrected chi connectivity index (χ1v) is 6.14. The Morgan fingerprint density at radius 2 is 2.25 bits per heavy atom. The van der Waals surface area contributed by atoms with Crippen LogP contribution in [0.3, 0.4) is 0 Å². The predicted octanol–water partition coefficient (Wildman–Crippen LogP) is 0.703. The van der Waals surface area contributed by atoms with E-state index in [1.807, 2.05) is 0 Å². The van der Waals surface area contributed by atoms with Gasteiger partial charge in [0.25, 0.3) is 0 Å². The maximum absolute atomic E-state index is 12.0. The van der Waals surface area contributed by atoms with Crippen molar-refractivity contribution in [2.24, 2.45) is 5.92 Å². The summed E-state index contributed by atoms with van der Waals surface area (Å²) in [6.07, 6.45) is 3.37. The number of ether oxygens (including phenoxy) is 2. The van der Waals surface area contributed by atoms with Gasteiger partial charge in [-0.1, -0.05) is 0 Å². The highest BCUT2D eigenvalue weighted by Gasteiger charge is 2.32. The third kappa shape index (κ3) is 3.27. The molecule has 0 bridgehead atoms. The van der Waals surface area contributed by atoms with Crippen LogP contribution < -0.4 is 0 Å². The smallest absolute Gasteiger partial charge is 0.152 e. The molecule has 0 aromatic heterocycles. The molecule has 2 aliphatic rings. The molecule has 0 radical (unpaired) electrons. The molecule has 4 heteroatoms. The molecule has 2 fully saturated rings. The molecule has 4 nitrogen and oxygen atoms in total. The molecule has 1 unspecified atom stereocenters. The van der Waals surface area contributed by atoms with E-state index < -0.39 is 0 Å². The maximum atomic E-state index is 12.0. The first-order chi connectivity index (χ1) is 7.81. The van der Waals surface area contributed by atoms with Gasteiger partial charge in [-0.3, -0.25) is 9.69 Å². The van der Waals surface area contributed by atoms with E-state index in [1.54, 1.807) is 7.11 Å². The van der Waals surface area contributed by atoms with Crippen LogP contribution in [0, 0.1) is 5.92 Å². The van der Waals surface area contributed by atoms with Crippen LogP contribution in [0.15, 0.2) is 0 Å². The topological polar surface area (TPSA) is 38.8 Å². The second-order valence-corrected chi connectivity index (χ2v) is 4.72. The lowest BCUT2D eigenvalue weighted by molar-refractivity contribution is -0.124. The van der Waals surface area contributed by atoms with Crippen LogP contribution in [0.2, 0.25) is 0 Å². The minimum absolute atomic E-state index is 0.142. The van der Waals surface area contributed by atoms with Crippen molar-refractivity contribution >= 4 is 5.78 Å². The summed E-state index contributed by atoms with van der Waals surface area (Å²) in [5.74, 6) is 0.490. The molecule has 1 heterocycles. The van der Waals surface area contributed by atoms with E-state index in [4.69, 9.17) is 9.47 Å². The zero-order valence-corrected chi connectivity index (χ0v) is 9.98. The summed E-state index contributed by atoms with van der Waals surface area (Å²) < 4.78 is 10.3. The zero-order valence-electron chi connectivity index (χ0n) is 9.98. The molecule has 1 saturated carbocycles. The monoisotopic (exact) mass is 227 g/mol. The summed E-state index contributed by atoms with van der Waals surface area (Å²) in [6, 6.07) is 0.626. The Balaban J connectivity index is 1.77. The molecule has 1 aliphatic heterocycles. The molecule has 0 aromatic rings. The van der Waals surface area contributed by atoms with Gasteiger partial charge in [-0.05, 0) is 19.3 Å². The van der Waals surface area contributed by atoms with Gasteiger partial charge in [0.15, 0.2) is 5.78 Å². The highest BCUT2D eigenvalue weighted by atomic mass is 16.5. The fourth-order valence-electron chi connectivity index (χ4n) is 2.16. The summed E-state index contributed by atoms with van der Waals surface area (Å²) in [5.41, 5.74) is 0. The number of hydrogen-bond donors (Lipinski definition) is 0. The Kier molecular flexibility index (Phi) is 4.32. The van der Waals surface area contributed by atoms with Gasteiger partial charge in [-0.15, -0.1) is 0 Å². The third-order valence-electron chi connectivity index (χ3n) is 3.39. The van der Waals surface area contributed by atoms with E-state index in [0.717, 1.165) is 19.6 Å². The summed E-state index contributed by atoms with van der Waals surface area (Å²) >= 11 is 0. The van der Waals surface area contributed by atoms with Crippen LogP contribution in [0.1, 0.15) is 19.3 Å². The lowest BCUT2D eigenvalue weighted by Gasteiger charge is -2.21. The molecular weight excluding hydrogens is 206 g/mol. The van der Waals surface area contributed by atoms with Crippen LogP contribution in [-0.2, 0) is 14.3 Å². The number of rotatable bonds is 7. The van der Waals surface area contributed by atoms with Crippen LogP contribution in [0.25, 0.3) is 0 Å². The second kappa shape index (κ2) is 5.75. The summed E-state index contributed by atoms with van der Waals surface area (Å²) in [5, 5.41) is 0. The molecule has 1 saturated heterocycles. The molecule has 0 amide bonds. The van der Waals surface area contributed by atoms with Gasteiger partial charge < -0.3 is 9.47 Å². The first-order valence-electron chi connectivity index (χ1n) is 6.14. The maximum Gasteiger partial charge on any atom is 0.152 e. The average Bonchev–Trinajstić information content (AvgIpc) is 2.98. The van der Waals surface area contributed by atoms with Crippen molar-refractivity contribution in [3.8, 4) is 0 Å². The molecule has 92 valence electrons. The number of Topliss-reactive ketones (excluding diaryl/α,β-unsaturated/α-hetero) is 1. The molecule has 1 aliphatic carbocycles. The third-order valence-corrected chi connectivity index (χ3v) is 3.39. The van der Waals surface area contributed by atoms with Crippen molar-refractivity contribution < 1.29 is 14.3 Å². The quantitative estimate of drug-likeness (QED) is 0.642. The standard InChI is InChI=1S/C12H21NO3/c1-15-7-5-13(11-2-3-11)8-12(14)10-4-6-16-9-10/h10-11H,2-9H2,1H3. The fourth-order valence-corrected chi connectivity index (χ4v) is 2.16. The Morgan fingerprint density at radius 1 is 1.44 bits per heavy atom. The molecule has 16 heavy (non-hydrogen) atoms. The van der Waals surface area contributed by atoms with Crippen LogP contribution in [0.4, 0.5) is 0 Å². The van der Waals surface area contributed by atoms with Gasteiger partial charge in [-0.25, -0.2) is 0 Å². The molecule has 2 rings (SSSR count). The van der Waals surface area contributed by atoms with E-state index >= 15 is 0 Å². The lowest BCUT2D eigenvalue weighted by atomic mass is 10.0. The second-order valence-electron chi connectivity index (χ2n) is 4.72. The van der Waals surface area contributed by atoms with E-state index in [2.05, 4.69) is 4.90 Å². The minimum Gasteiger partial charge on any atom is -0.383 e. The summed E-state index contributed by atoms with van der Waals surface area (Å²) in [6.45, 7) is 3.55. The molecule has 0 aromatic carbocycles. The number of carbonyl (C=O) groups is 1. The Bertz CT molecular complexity index is 234. The van der Waals surface area contributed by atoms with Crippen LogP contribution >= 0.6 is 0 Å². The van der Waals surface area contributed by atoms with Gasteiger partial charge in [0, 0.05) is 32.2 Å². The Morgan fingerprint density at radius 3 is 2.81 bits per heavy atom. The highest BCUT2D eigenvalue weighted by Crippen LogP contribution is 2.27. The number of carbonyl (C=O) groups excluding carboxylic acids is 1. The SMILES string of the molecule is COCCN(CC(=O)C1CCOC1)C1CC1. The van der Waals surface area contributed by atoms with Crippen molar-refractivity contribution in [1.82, 2.24) is 4.90 Å². The average molecular weight is 227 g/mol. The van der Waals surface area contributed by atoms with Crippen molar-refractivity contribution in [3.63, 3.8) is 0 Å². The number of ketones is 1. The number of methoxy groups -OCH3 is 1. The van der Waals surface area contributed by atoms with Crippen molar-refractivity contribution in [1.29, 1.82) is 0 Å². The van der Waals surface area contributed by atoms with E-state index in [-0.39, 0.29) is 5.92 Å². The molecule has 0 N–H and O–H groups in total. The Hall–Kier alpha value is -0.450. The van der Waals surface area contributed by atoms with Gasteiger partial charge in [0.2, 0.25) is 0 Å². The number of nitrogens with zero attached hydrogens (tertiary/aromatic N) is 1. The van der Waals surface area contributed by atoms with Gasteiger partial charge in [0.1, 0.15) is 0 Å². The summed E-state index contributed by atoms with van der Waals surface area (Å²) in [7, 11) is 1.71. The molecule has 0 spiro atoms. The first kappa shape index (κ1) is 12.0. The highest BCUT2D eigenvalue weighted by molar-refractivity contribution is 5.83.